The van der Waals surface area contributed by atoms with Crippen LogP contribution in [0.3, 0.4) is 0 Å². The van der Waals surface area contributed by atoms with Crippen LogP contribution in [0.15, 0.2) is 30.3 Å². The summed E-state index contributed by atoms with van der Waals surface area (Å²) >= 11 is 0. The molecule has 0 radical (unpaired) electrons. The molecular weight excluding hydrogens is 216 g/mol. The zero-order valence-corrected chi connectivity index (χ0v) is 9.69. The fourth-order valence-corrected chi connectivity index (χ4v) is 2.55. The fraction of sp³-hybridized carbons (Fsp3) is 0.429. The Kier molecular flexibility index (Phi) is 3.27. The summed E-state index contributed by atoms with van der Waals surface area (Å²) in [5, 5.41) is 9.31. The molecule has 0 unspecified atom stereocenters. The van der Waals surface area contributed by atoms with Crippen molar-refractivity contribution in [3.8, 4) is 0 Å². The van der Waals surface area contributed by atoms with Crippen LogP contribution < -0.4 is 0 Å². The first-order valence-electron chi connectivity index (χ1n) is 5.96. The van der Waals surface area contributed by atoms with Crippen molar-refractivity contribution in [2.24, 2.45) is 5.41 Å². The molecule has 0 amide bonds. The van der Waals surface area contributed by atoms with Crippen molar-refractivity contribution in [2.45, 2.75) is 32.1 Å². The number of benzene rings is 1. The third kappa shape index (κ3) is 2.38. The number of carboxylic acids is 1. The molecule has 3 nitrogen and oxygen atoms in total. The van der Waals surface area contributed by atoms with Gasteiger partial charge in [-0.25, -0.2) is 0 Å². The van der Waals surface area contributed by atoms with Gasteiger partial charge < -0.3 is 5.11 Å². The van der Waals surface area contributed by atoms with Crippen molar-refractivity contribution in [1.82, 2.24) is 0 Å². The van der Waals surface area contributed by atoms with E-state index < -0.39 is 11.4 Å². The first-order valence-corrected chi connectivity index (χ1v) is 5.96. The van der Waals surface area contributed by atoms with Gasteiger partial charge in [-0.05, 0) is 12.8 Å². The molecule has 1 aliphatic rings. The van der Waals surface area contributed by atoms with E-state index in [1.807, 2.05) is 6.07 Å². The lowest BCUT2D eigenvalue weighted by Crippen LogP contribution is -2.30. The molecule has 0 bridgehead atoms. The Labute approximate surface area is 100 Å². The normalized spacial score (nSPS) is 17.9. The SMILES string of the molecule is O=C(CC1(C(=O)O)CCCC1)c1ccccc1. The zero-order valence-electron chi connectivity index (χ0n) is 9.69. The van der Waals surface area contributed by atoms with E-state index in [0.717, 1.165) is 12.8 Å². The summed E-state index contributed by atoms with van der Waals surface area (Å²) in [6.45, 7) is 0. The first-order chi connectivity index (χ1) is 8.14. The Bertz CT molecular complexity index is 416. The molecule has 0 spiro atoms. The minimum atomic E-state index is -0.820. The summed E-state index contributed by atoms with van der Waals surface area (Å²) in [7, 11) is 0. The minimum absolute atomic E-state index is 0.0603. The van der Waals surface area contributed by atoms with E-state index in [-0.39, 0.29) is 12.2 Å². The predicted octanol–water partition coefficient (Wildman–Crippen LogP) is 2.90. The van der Waals surface area contributed by atoms with Gasteiger partial charge in [0.15, 0.2) is 5.78 Å². The Morgan fingerprint density at radius 3 is 2.24 bits per heavy atom. The summed E-state index contributed by atoms with van der Waals surface area (Å²) in [6, 6.07) is 8.93. The van der Waals surface area contributed by atoms with Gasteiger partial charge in [-0.2, -0.15) is 0 Å². The summed E-state index contributed by atoms with van der Waals surface area (Å²) in [5.74, 6) is -0.880. The molecule has 0 heterocycles. The van der Waals surface area contributed by atoms with E-state index in [0.29, 0.717) is 18.4 Å². The first kappa shape index (κ1) is 11.8. The van der Waals surface area contributed by atoms with Crippen LogP contribution in [-0.4, -0.2) is 16.9 Å². The van der Waals surface area contributed by atoms with E-state index in [2.05, 4.69) is 0 Å². The number of hydrogen-bond acceptors (Lipinski definition) is 2. The van der Waals surface area contributed by atoms with Crippen molar-refractivity contribution in [3.63, 3.8) is 0 Å². The van der Waals surface area contributed by atoms with Gasteiger partial charge in [-0.3, -0.25) is 9.59 Å². The second-order valence-corrected chi connectivity index (χ2v) is 4.76. The van der Waals surface area contributed by atoms with Crippen LogP contribution in [0.2, 0.25) is 0 Å². The van der Waals surface area contributed by atoms with Gasteiger partial charge >= 0.3 is 5.97 Å². The van der Waals surface area contributed by atoms with Gasteiger partial charge in [0.25, 0.3) is 0 Å². The highest BCUT2D eigenvalue weighted by atomic mass is 16.4. The summed E-state index contributed by atoms with van der Waals surface area (Å²) < 4.78 is 0. The van der Waals surface area contributed by atoms with Gasteiger partial charge in [-0.15, -0.1) is 0 Å². The molecular formula is C14H16O3. The van der Waals surface area contributed by atoms with Crippen molar-refractivity contribution < 1.29 is 14.7 Å². The van der Waals surface area contributed by atoms with Crippen LogP contribution in [-0.2, 0) is 4.79 Å². The molecule has 2 rings (SSSR count). The minimum Gasteiger partial charge on any atom is -0.481 e. The fourth-order valence-electron chi connectivity index (χ4n) is 2.55. The standard InChI is InChI=1S/C14H16O3/c15-12(11-6-2-1-3-7-11)10-14(13(16)17)8-4-5-9-14/h1-3,6-7H,4-5,8-10H2,(H,16,17). The number of Topliss-reactive ketones (excluding diaryl/α,β-unsaturated/α-hetero) is 1. The van der Waals surface area contributed by atoms with Gasteiger partial charge in [0.2, 0.25) is 0 Å². The molecule has 1 aromatic carbocycles. The summed E-state index contributed by atoms with van der Waals surface area (Å²) in [5.41, 5.74) is -0.201. The van der Waals surface area contributed by atoms with E-state index in [1.165, 1.54) is 0 Å². The Morgan fingerprint density at radius 1 is 1.12 bits per heavy atom. The average Bonchev–Trinajstić information content (AvgIpc) is 2.80. The van der Waals surface area contributed by atoms with Gasteiger partial charge in [0.1, 0.15) is 0 Å². The Morgan fingerprint density at radius 2 is 1.71 bits per heavy atom. The molecule has 0 atom stereocenters. The molecule has 0 saturated heterocycles. The van der Waals surface area contributed by atoms with Crippen molar-refractivity contribution >= 4 is 11.8 Å². The largest absolute Gasteiger partial charge is 0.481 e. The maximum atomic E-state index is 12.0. The predicted molar refractivity (Wildman–Crippen MR) is 63.9 cm³/mol. The van der Waals surface area contributed by atoms with E-state index >= 15 is 0 Å². The smallest absolute Gasteiger partial charge is 0.310 e. The number of hydrogen-bond donors (Lipinski definition) is 1. The van der Waals surface area contributed by atoms with Crippen LogP contribution in [0, 0.1) is 5.41 Å². The quantitative estimate of drug-likeness (QED) is 0.812. The van der Waals surface area contributed by atoms with Crippen LogP contribution in [0.1, 0.15) is 42.5 Å². The molecule has 1 aromatic rings. The maximum absolute atomic E-state index is 12.0. The molecule has 17 heavy (non-hydrogen) atoms. The lowest BCUT2D eigenvalue weighted by Gasteiger charge is -2.22. The number of ketones is 1. The number of carbonyl (C=O) groups is 2. The zero-order chi connectivity index (χ0) is 12.3. The molecule has 1 saturated carbocycles. The second-order valence-electron chi connectivity index (χ2n) is 4.76. The van der Waals surface area contributed by atoms with Crippen molar-refractivity contribution in [3.05, 3.63) is 35.9 Å². The van der Waals surface area contributed by atoms with Crippen LogP contribution in [0.4, 0.5) is 0 Å². The maximum Gasteiger partial charge on any atom is 0.310 e. The molecule has 90 valence electrons. The topological polar surface area (TPSA) is 54.4 Å². The van der Waals surface area contributed by atoms with E-state index in [9.17, 15) is 14.7 Å². The van der Waals surface area contributed by atoms with Gasteiger partial charge in [0.05, 0.1) is 5.41 Å². The Hall–Kier alpha value is -1.64. The number of carbonyl (C=O) groups excluding carboxylic acids is 1. The van der Waals surface area contributed by atoms with Crippen LogP contribution >= 0.6 is 0 Å². The highest BCUT2D eigenvalue weighted by Gasteiger charge is 2.42. The molecule has 1 N–H and O–H groups in total. The average molecular weight is 232 g/mol. The highest BCUT2D eigenvalue weighted by molar-refractivity contribution is 5.98. The van der Waals surface area contributed by atoms with Crippen LogP contribution in [0.5, 0.6) is 0 Å². The van der Waals surface area contributed by atoms with E-state index in [4.69, 9.17) is 0 Å². The monoisotopic (exact) mass is 232 g/mol. The molecule has 0 aromatic heterocycles. The van der Waals surface area contributed by atoms with Crippen LogP contribution in [0.25, 0.3) is 0 Å². The third-order valence-electron chi connectivity index (χ3n) is 3.61. The molecule has 3 heteroatoms. The highest BCUT2D eigenvalue weighted by Crippen LogP contribution is 2.42. The second kappa shape index (κ2) is 4.70. The molecule has 0 aliphatic heterocycles. The number of carboxylic acid groups (broad SMARTS) is 1. The van der Waals surface area contributed by atoms with Crippen molar-refractivity contribution in [1.29, 1.82) is 0 Å². The lowest BCUT2D eigenvalue weighted by atomic mass is 9.80. The third-order valence-corrected chi connectivity index (χ3v) is 3.61. The molecule has 1 aliphatic carbocycles. The summed E-state index contributed by atoms with van der Waals surface area (Å²) in [4.78, 5) is 23.4. The number of rotatable bonds is 4. The lowest BCUT2D eigenvalue weighted by molar-refractivity contribution is -0.148. The van der Waals surface area contributed by atoms with E-state index in [1.54, 1.807) is 24.3 Å². The van der Waals surface area contributed by atoms with Crippen molar-refractivity contribution in [2.75, 3.05) is 0 Å². The number of aliphatic carboxylic acids is 1. The van der Waals surface area contributed by atoms with Gasteiger partial charge in [0, 0.05) is 12.0 Å². The van der Waals surface area contributed by atoms with Gasteiger partial charge in [-0.1, -0.05) is 43.2 Å². The molecule has 1 fully saturated rings. The Balaban J connectivity index is 2.15. The summed E-state index contributed by atoms with van der Waals surface area (Å²) in [6.07, 6.45) is 3.21.